The molecule has 0 unspecified atom stereocenters. The number of carbonyl (C=O) groups excluding carboxylic acids is 1. The van der Waals surface area contributed by atoms with Crippen LogP contribution in [0.25, 0.3) is 6.08 Å². The van der Waals surface area contributed by atoms with Gasteiger partial charge in [-0.3, -0.25) is 4.79 Å². The fraction of sp³-hybridized carbons (Fsp3) is 0.182. The van der Waals surface area contributed by atoms with E-state index in [0.717, 1.165) is 5.56 Å². The zero-order chi connectivity index (χ0) is 10.2. The van der Waals surface area contributed by atoms with E-state index in [1.165, 1.54) is 5.56 Å². The summed E-state index contributed by atoms with van der Waals surface area (Å²) in [4.78, 5) is 11.6. The SMILES string of the molecule is O=C1C=Cc2ccccc2CC1(Br)Br. The maximum atomic E-state index is 11.6. The van der Waals surface area contributed by atoms with Crippen LogP contribution in [-0.4, -0.2) is 9.02 Å². The summed E-state index contributed by atoms with van der Waals surface area (Å²) < 4.78 is -0.636. The van der Waals surface area contributed by atoms with Gasteiger partial charge in [0.1, 0.15) is 3.23 Å². The number of rotatable bonds is 0. The van der Waals surface area contributed by atoms with Crippen molar-refractivity contribution in [1.82, 2.24) is 0 Å². The largest absolute Gasteiger partial charge is 0.292 e. The molecule has 0 saturated carbocycles. The molecule has 1 aromatic carbocycles. The molecule has 0 radical (unpaired) electrons. The highest BCUT2D eigenvalue weighted by molar-refractivity contribution is 9.25. The molecule has 0 spiro atoms. The van der Waals surface area contributed by atoms with Crippen molar-refractivity contribution in [3.63, 3.8) is 0 Å². The Morgan fingerprint density at radius 1 is 1.14 bits per heavy atom. The molecule has 1 nitrogen and oxygen atoms in total. The van der Waals surface area contributed by atoms with E-state index in [4.69, 9.17) is 0 Å². The van der Waals surface area contributed by atoms with Gasteiger partial charge in [-0.05, 0) is 17.2 Å². The number of alkyl halides is 2. The topological polar surface area (TPSA) is 17.1 Å². The Balaban J connectivity index is 2.51. The molecule has 0 aliphatic heterocycles. The van der Waals surface area contributed by atoms with Gasteiger partial charge in [0.25, 0.3) is 0 Å². The summed E-state index contributed by atoms with van der Waals surface area (Å²) in [5.74, 6) is 0.0497. The Hall–Kier alpha value is -0.410. The first-order valence-electron chi connectivity index (χ1n) is 4.28. The van der Waals surface area contributed by atoms with Crippen molar-refractivity contribution in [1.29, 1.82) is 0 Å². The highest BCUT2D eigenvalue weighted by atomic mass is 79.9. The monoisotopic (exact) mass is 314 g/mol. The van der Waals surface area contributed by atoms with Gasteiger partial charge in [-0.2, -0.15) is 0 Å². The molecule has 3 heteroatoms. The third-order valence-electron chi connectivity index (χ3n) is 2.24. The van der Waals surface area contributed by atoms with E-state index >= 15 is 0 Å². The van der Waals surface area contributed by atoms with Crippen LogP contribution in [0.4, 0.5) is 0 Å². The predicted molar refractivity (Wildman–Crippen MR) is 64.8 cm³/mol. The van der Waals surface area contributed by atoms with Crippen LogP contribution in [0.3, 0.4) is 0 Å². The Kier molecular flexibility index (Phi) is 2.62. The fourth-order valence-electron chi connectivity index (χ4n) is 1.47. The first-order valence-corrected chi connectivity index (χ1v) is 5.86. The zero-order valence-electron chi connectivity index (χ0n) is 7.34. The van der Waals surface area contributed by atoms with Gasteiger partial charge in [-0.1, -0.05) is 62.2 Å². The molecule has 0 fully saturated rings. The highest BCUT2D eigenvalue weighted by Crippen LogP contribution is 2.35. The number of hydrogen-bond acceptors (Lipinski definition) is 1. The molecule has 1 aliphatic carbocycles. The van der Waals surface area contributed by atoms with Crippen LogP contribution in [-0.2, 0) is 11.2 Å². The van der Waals surface area contributed by atoms with Crippen molar-refractivity contribution >= 4 is 43.7 Å². The molecule has 0 N–H and O–H groups in total. The number of allylic oxidation sites excluding steroid dienone is 1. The second-order valence-corrected chi connectivity index (χ2v) is 7.05. The van der Waals surface area contributed by atoms with Crippen molar-refractivity contribution in [3.8, 4) is 0 Å². The summed E-state index contributed by atoms with van der Waals surface area (Å²) in [7, 11) is 0. The summed E-state index contributed by atoms with van der Waals surface area (Å²) >= 11 is 6.79. The lowest BCUT2D eigenvalue weighted by Gasteiger charge is -2.15. The van der Waals surface area contributed by atoms with Gasteiger partial charge in [0.05, 0.1) is 0 Å². The number of hydrogen-bond donors (Lipinski definition) is 0. The summed E-state index contributed by atoms with van der Waals surface area (Å²) in [6.45, 7) is 0. The number of ketones is 1. The predicted octanol–water partition coefficient (Wildman–Crippen LogP) is 3.31. The third-order valence-corrected chi connectivity index (χ3v) is 3.58. The Morgan fingerprint density at radius 3 is 2.64 bits per heavy atom. The van der Waals surface area contributed by atoms with Gasteiger partial charge in [0, 0.05) is 6.42 Å². The van der Waals surface area contributed by atoms with Crippen LogP contribution in [0.2, 0.25) is 0 Å². The van der Waals surface area contributed by atoms with Crippen LogP contribution in [0.5, 0.6) is 0 Å². The van der Waals surface area contributed by atoms with Gasteiger partial charge in [-0.15, -0.1) is 0 Å². The lowest BCUT2D eigenvalue weighted by atomic mass is 10.0. The molecule has 0 bridgehead atoms. The van der Waals surface area contributed by atoms with Gasteiger partial charge >= 0.3 is 0 Å². The van der Waals surface area contributed by atoms with E-state index in [9.17, 15) is 4.79 Å². The first kappa shape index (κ1) is 10.1. The zero-order valence-corrected chi connectivity index (χ0v) is 10.5. The average Bonchev–Trinajstić information content (AvgIpc) is 2.25. The second kappa shape index (κ2) is 3.63. The Bertz CT molecular complexity index is 408. The number of carbonyl (C=O) groups is 1. The van der Waals surface area contributed by atoms with Gasteiger partial charge in [0.2, 0.25) is 0 Å². The molecule has 1 aliphatic rings. The van der Waals surface area contributed by atoms with Crippen LogP contribution < -0.4 is 0 Å². The third kappa shape index (κ3) is 1.84. The fourth-order valence-corrected chi connectivity index (χ4v) is 2.34. The molecule has 2 rings (SSSR count). The van der Waals surface area contributed by atoms with Crippen molar-refractivity contribution in [3.05, 3.63) is 41.5 Å². The van der Waals surface area contributed by atoms with Gasteiger partial charge in [0.15, 0.2) is 5.78 Å². The van der Waals surface area contributed by atoms with Crippen molar-refractivity contribution in [2.45, 2.75) is 9.65 Å². The van der Waals surface area contributed by atoms with E-state index < -0.39 is 3.23 Å². The molecule has 0 aromatic heterocycles. The highest BCUT2D eigenvalue weighted by Gasteiger charge is 2.32. The number of benzene rings is 1. The second-order valence-electron chi connectivity index (χ2n) is 3.28. The maximum absolute atomic E-state index is 11.6. The molecule has 0 amide bonds. The summed E-state index contributed by atoms with van der Waals surface area (Å²) in [5, 5.41) is 0. The average molecular weight is 316 g/mol. The van der Waals surface area contributed by atoms with E-state index in [2.05, 4.69) is 31.9 Å². The van der Waals surface area contributed by atoms with Crippen molar-refractivity contribution in [2.75, 3.05) is 0 Å². The van der Waals surface area contributed by atoms with E-state index in [-0.39, 0.29) is 5.78 Å². The van der Waals surface area contributed by atoms with Gasteiger partial charge < -0.3 is 0 Å². The van der Waals surface area contributed by atoms with Crippen LogP contribution in [0.1, 0.15) is 11.1 Å². The van der Waals surface area contributed by atoms with E-state index in [0.29, 0.717) is 6.42 Å². The van der Waals surface area contributed by atoms with Gasteiger partial charge in [-0.25, -0.2) is 0 Å². The standard InChI is InChI=1S/C11H8Br2O/c12-11(13)7-9-4-2-1-3-8(9)5-6-10(11)14/h1-6H,7H2. The molecule has 0 saturated heterocycles. The molecule has 1 aromatic rings. The minimum atomic E-state index is -0.636. The van der Waals surface area contributed by atoms with Crippen LogP contribution in [0.15, 0.2) is 30.3 Å². The summed E-state index contributed by atoms with van der Waals surface area (Å²) in [6, 6.07) is 8.01. The van der Waals surface area contributed by atoms with E-state index in [1.54, 1.807) is 6.08 Å². The number of halogens is 2. The van der Waals surface area contributed by atoms with Crippen LogP contribution >= 0.6 is 31.9 Å². The molecule has 0 atom stereocenters. The van der Waals surface area contributed by atoms with Crippen molar-refractivity contribution < 1.29 is 4.79 Å². The number of fused-ring (bicyclic) bond motifs is 1. The lowest BCUT2D eigenvalue weighted by Crippen LogP contribution is -2.24. The van der Waals surface area contributed by atoms with Crippen LogP contribution in [0, 0.1) is 0 Å². The molecular weight excluding hydrogens is 308 g/mol. The first-order chi connectivity index (χ1) is 6.59. The molecule has 14 heavy (non-hydrogen) atoms. The smallest absolute Gasteiger partial charge is 0.183 e. The minimum Gasteiger partial charge on any atom is -0.292 e. The molecule has 0 heterocycles. The normalized spacial score (nSPS) is 18.9. The quantitative estimate of drug-likeness (QED) is 0.671. The Labute approximate surface area is 99.5 Å². The molecule has 72 valence electrons. The summed E-state index contributed by atoms with van der Waals surface area (Å²) in [5.41, 5.74) is 2.28. The Morgan fingerprint density at radius 2 is 1.86 bits per heavy atom. The molecular formula is C11H8Br2O. The lowest BCUT2D eigenvalue weighted by molar-refractivity contribution is -0.114. The summed E-state index contributed by atoms with van der Waals surface area (Å²) in [6.07, 6.45) is 4.13. The maximum Gasteiger partial charge on any atom is 0.183 e. The minimum absolute atomic E-state index is 0.0497. The van der Waals surface area contributed by atoms with Crippen molar-refractivity contribution in [2.24, 2.45) is 0 Å². The van der Waals surface area contributed by atoms with E-state index in [1.807, 2.05) is 30.3 Å².